The third kappa shape index (κ3) is 1.91. The first-order chi connectivity index (χ1) is 7.72. The van der Waals surface area contributed by atoms with Gasteiger partial charge in [-0.3, -0.25) is 4.57 Å². The quantitative estimate of drug-likeness (QED) is 0.673. The number of benzene rings is 1. The maximum atomic E-state index is 11.5. The fraction of sp³-hybridized carbons (Fsp3) is 0.182. The monoisotopic (exact) mass is 219 g/mol. The second-order valence-electron chi connectivity index (χ2n) is 3.57. The van der Waals surface area contributed by atoms with E-state index in [4.69, 9.17) is 5.21 Å². The molecule has 0 saturated heterocycles. The van der Waals surface area contributed by atoms with Crippen molar-refractivity contribution in [1.29, 1.82) is 0 Å². The lowest BCUT2D eigenvalue weighted by Crippen LogP contribution is -2.16. The van der Waals surface area contributed by atoms with Crippen LogP contribution in [0.2, 0.25) is 0 Å². The Hall–Kier alpha value is -1.85. The maximum Gasteiger partial charge on any atom is 0.330 e. The van der Waals surface area contributed by atoms with Gasteiger partial charge in [-0.15, -0.1) is 0 Å². The predicted octanol–water partition coefficient (Wildman–Crippen LogP) is 0.953. The molecule has 0 unspecified atom stereocenters. The molecule has 2 rings (SSSR count). The lowest BCUT2D eigenvalue weighted by molar-refractivity contribution is 0.161. The Bertz CT molecular complexity index is 525. The first kappa shape index (κ1) is 10.7. The summed E-state index contributed by atoms with van der Waals surface area (Å²) in [4.78, 5) is 14.1. The molecule has 0 bridgehead atoms. The molecule has 5 heteroatoms. The van der Waals surface area contributed by atoms with Gasteiger partial charge >= 0.3 is 5.69 Å². The Balaban J connectivity index is 2.39. The van der Waals surface area contributed by atoms with Gasteiger partial charge in [-0.05, 0) is 24.6 Å². The van der Waals surface area contributed by atoms with Crippen LogP contribution < -0.4 is 11.2 Å². The van der Waals surface area contributed by atoms with Crippen LogP contribution in [0.15, 0.2) is 35.3 Å². The zero-order valence-corrected chi connectivity index (χ0v) is 8.90. The highest BCUT2D eigenvalue weighted by Gasteiger charge is 2.04. The van der Waals surface area contributed by atoms with Crippen molar-refractivity contribution in [2.24, 2.45) is 0 Å². The highest BCUT2D eigenvalue weighted by Crippen LogP contribution is 2.09. The van der Waals surface area contributed by atoms with Gasteiger partial charge in [0.05, 0.1) is 5.69 Å². The predicted molar refractivity (Wildman–Crippen MR) is 59.8 cm³/mol. The molecule has 1 heterocycles. The summed E-state index contributed by atoms with van der Waals surface area (Å²) in [6.45, 7) is 2.25. The molecule has 0 aliphatic carbocycles. The van der Waals surface area contributed by atoms with Gasteiger partial charge in [0.15, 0.2) is 0 Å². The van der Waals surface area contributed by atoms with Crippen LogP contribution in [-0.4, -0.2) is 14.8 Å². The van der Waals surface area contributed by atoms with Crippen molar-refractivity contribution in [2.75, 3.05) is 0 Å². The molecule has 16 heavy (non-hydrogen) atoms. The van der Waals surface area contributed by atoms with E-state index >= 15 is 0 Å². The molecule has 0 aliphatic rings. The van der Waals surface area contributed by atoms with Gasteiger partial charge in [0, 0.05) is 18.4 Å². The van der Waals surface area contributed by atoms with E-state index in [1.165, 1.54) is 0 Å². The number of nitrogens with zero attached hydrogens (tertiary/aromatic N) is 1. The SMILES string of the molecule is Cc1c[nH]c(=O)n1-c1ccc(CNO)cc1. The number of hydrogen-bond donors (Lipinski definition) is 3. The lowest BCUT2D eigenvalue weighted by atomic mass is 10.2. The molecule has 3 N–H and O–H groups in total. The number of hydrogen-bond acceptors (Lipinski definition) is 3. The second-order valence-corrected chi connectivity index (χ2v) is 3.57. The zero-order chi connectivity index (χ0) is 11.5. The fourth-order valence-electron chi connectivity index (χ4n) is 1.63. The minimum atomic E-state index is -0.148. The minimum Gasteiger partial charge on any atom is -0.316 e. The topological polar surface area (TPSA) is 70.0 Å². The third-order valence-corrected chi connectivity index (χ3v) is 2.44. The van der Waals surface area contributed by atoms with Crippen molar-refractivity contribution >= 4 is 0 Å². The molecule has 1 aromatic carbocycles. The van der Waals surface area contributed by atoms with Gasteiger partial charge < -0.3 is 10.2 Å². The summed E-state index contributed by atoms with van der Waals surface area (Å²) in [5, 5.41) is 8.55. The van der Waals surface area contributed by atoms with Crippen LogP contribution in [0.5, 0.6) is 0 Å². The van der Waals surface area contributed by atoms with Crippen LogP contribution in [0.1, 0.15) is 11.3 Å². The number of imidazole rings is 1. The van der Waals surface area contributed by atoms with E-state index in [9.17, 15) is 4.79 Å². The highest BCUT2D eigenvalue weighted by atomic mass is 16.5. The highest BCUT2D eigenvalue weighted by molar-refractivity contribution is 5.36. The van der Waals surface area contributed by atoms with Gasteiger partial charge in [0.1, 0.15) is 0 Å². The minimum absolute atomic E-state index is 0.148. The van der Waals surface area contributed by atoms with Crippen LogP contribution in [0.3, 0.4) is 0 Å². The van der Waals surface area contributed by atoms with E-state index in [1.54, 1.807) is 10.8 Å². The smallest absolute Gasteiger partial charge is 0.316 e. The Morgan fingerprint density at radius 2 is 2.06 bits per heavy atom. The summed E-state index contributed by atoms with van der Waals surface area (Å²) in [5.74, 6) is 0. The van der Waals surface area contributed by atoms with Crippen molar-refractivity contribution in [1.82, 2.24) is 15.0 Å². The molecule has 1 aromatic heterocycles. The van der Waals surface area contributed by atoms with Gasteiger partial charge in [-0.2, -0.15) is 0 Å². The third-order valence-electron chi connectivity index (χ3n) is 2.44. The largest absolute Gasteiger partial charge is 0.330 e. The molecule has 0 amide bonds. The molecule has 0 atom stereocenters. The first-order valence-corrected chi connectivity index (χ1v) is 4.95. The molecule has 2 aromatic rings. The van der Waals surface area contributed by atoms with Crippen LogP contribution in [-0.2, 0) is 6.54 Å². The molecule has 0 aliphatic heterocycles. The van der Waals surface area contributed by atoms with E-state index < -0.39 is 0 Å². The van der Waals surface area contributed by atoms with Crippen molar-refractivity contribution in [3.63, 3.8) is 0 Å². The molecular weight excluding hydrogens is 206 g/mol. The van der Waals surface area contributed by atoms with E-state index in [0.717, 1.165) is 16.9 Å². The van der Waals surface area contributed by atoms with Gasteiger partial charge in [0.2, 0.25) is 0 Å². The average Bonchev–Trinajstić information content (AvgIpc) is 2.61. The number of aromatic amines is 1. The Morgan fingerprint density at radius 1 is 1.38 bits per heavy atom. The Kier molecular flexibility index (Phi) is 2.89. The van der Waals surface area contributed by atoms with Crippen molar-refractivity contribution in [3.05, 3.63) is 52.2 Å². The van der Waals surface area contributed by atoms with Gasteiger partial charge in [-0.1, -0.05) is 12.1 Å². The average molecular weight is 219 g/mol. The molecule has 0 fully saturated rings. The van der Waals surface area contributed by atoms with E-state index in [-0.39, 0.29) is 5.69 Å². The molecule has 0 spiro atoms. The lowest BCUT2D eigenvalue weighted by Gasteiger charge is -2.05. The Labute approximate surface area is 92.3 Å². The van der Waals surface area contributed by atoms with E-state index in [1.807, 2.05) is 31.2 Å². The number of aryl methyl sites for hydroxylation is 1. The fourth-order valence-corrected chi connectivity index (χ4v) is 1.63. The number of aromatic nitrogens is 2. The van der Waals surface area contributed by atoms with Crippen LogP contribution in [0.4, 0.5) is 0 Å². The van der Waals surface area contributed by atoms with Gasteiger partial charge in [-0.25, -0.2) is 10.3 Å². The van der Waals surface area contributed by atoms with Crippen molar-refractivity contribution in [2.45, 2.75) is 13.5 Å². The number of rotatable bonds is 3. The summed E-state index contributed by atoms with van der Waals surface area (Å²) >= 11 is 0. The summed E-state index contributed by atoms with van der Waals surface area (Å²) in [6, 6.07) is 7.40. The summed E-state index contributed by atoms with van der Waals surface area (Å²) < 4.78 is 1.59. The van der Waals surface area contributed by atoms with Crippen molar-refractivity contribution < 1.29 is 5.21 Å². The molecule has 84 valence electrons. The van der Waals surface area contributed by atoms with Crippen LogP contribution in [0.25, 0.3) is 5.69 Å². The van der Waals surface area contributed by atoms with Crippen molar-refractivity contribution in [3.8, 4) is 5.69 Å². The molecular formula is C11H13N3O2. The maximum absolute atomic E-state index is 11.5. The second kappa shape index (κ2) is 4.34. The summed E-state index contributed by atoms with van der Waals surface area (Å²) in [7, 11) is 0. The number of H-pyrrole nitrogens is 1. The number of nitrogens with one attached hydrogen (secondary N) is 2. The molecule has 0 saturated carbocycles. The van der Waals surface area contributed by atoms with Crippen LogP contribution in [0, 0.1) is 6.92 Å². The number of hydroxylamine groups is 1. The first-order valence-electron chi connectivity index (χ1n) is 4.95. The Morgan fingerprint density at radius 3 is 2.56 bits per heavy atom. The molecule has 5 nitrogen and oxygen atoms in total. The molecule has 0 radical (unpaired) electrons. The van der Waals surface area contributed by atoms with E-state index in [0.29, 0.717) is 6.54 Å². The zero-order valence-electron chi connectivity index (χ0n) is 8.90. The normalized spacial score (nSPS) is 10.6. The van der Waals surface area contributed by atoms with E-state index in [2.05, 4.69) is 10.5 Å². The van der Waals surface area contributed by atoms with Gasteiger partial charge in [0.25, 0.3) is 0 Å². The standard InChI is InChI=1S/C11H13N3O2/c1-8-6-12-11(15)14(8)10-4-2-9(3-5-10)7-13-16/h2-6,13,16H,7H2,1H3,(H,12,15). The summed E-state index contributed by atoms with van der Waals surface area (Å²) in [6.07, 6.45) is 1.67. The summed E-state index contributed by atoms with van der Waals surface area (Å²) in [5.41, 5.74) is 4.56. The van der Waals surface area contributed by atoms with Crippen LogP contribution >= 0.6 is 0 Å².